The molecule has 1 aliphatic rings. The molecule has 3 N–H and O–H groups in total. The number of aromatic nitrogens is 3. The third-order valence-electron chi connectivity index (χ3n) is 6.07. The summed E-state index contributed by atoms with van der Waals surface area (Å²) in [6.07, 6.45) is 2.26. The third kappa shape index (κ3) is 6.30. The van der Waals surface area contributed by atoms with Gasteiger partial charge in [0.1, 0.15) is 35.8 Å². The van der Waals surface area contributed by atoms with Gasteiger partial charge in [0.15, 0.2) is 0 Å². The molecule has 2 aromatic heterocycles. The Morgan fingerprint density at radius 3 is 2.62 bits per heavy atom. The zero-order valence-corrected chi connectivity index (χ0v) is 22.5. The summed E-state index contributed by atoms with van der Waals surface area (Å²) in [4.78, 5) is 20.8. The van der Waals surface area contributed by atoms with Crippen LogP contribution in [0, 0.1) is 5.92 Å². The summed E-state index contributed by atoms with van der Waals surface area (Å²) in [6.45, 7) is 8.87. The van der Waals surface area contributed by atoms with Crippen LogP contribution in [0.4, 0.5) is 5.82 Å². The lowest BCUT2D eigenvalue weighted by Crippen LogP contribution is -2.38. The van der Waals surface area contributed by atoms with Gasteiger partial charge in [0.2, 0.25) is 0 Å². The highest BCUT2D eigenvalue weighted by Crippen LogP contribution is 2.48. The first-order chi connectivity index (χ1) is 17.6. The molecule has 0 radical (unpaired) electrons. The van der Waals surface area contributed by atoms with Gasteiger partial charge in [-0.3, -0.25) is 9.32 Å². The number of esters is 1. The molecule has 4 rings (SSSR count). The highest BCUT2D eigenvalue weighted by molar-refractivity contribution is 7.52. The van der Waals surface area contributed by atoms with Gasteiger partial charge in [-0.05, 0) is 52.3 Å². The number of rotatable bonds is 10. The predicted molar refractivity (Wildman–Crippen MR) is 139 cm³/mol. The molecule has 0 bridgehead atoms. The minimum atomic E-state index is -4.02. The highest BCUT2D eigenvalue weighted by Gasteiger charge is 2.42. The van der Waals surface area contributed by atoms with E-state index in [-0.39, 0.29) is 18.2 Å². The van der Waals surface area contributed by atoms with Crippen molar-refractivity contribution in [2.24, 2.45) is 5.92 Å². The molecule has 12 heteroatoms. The number of para-hydroxylation sites is 1. The SMILES string of the molecule is CC(C)OC(=O)[C@H](C)NP(=O)(Oc1ccccc1)OC(C)[C@@H]1C[C@H](C)[C@H](n2ccc3c(N)ncnc32)O1. The second kappa shape index (κ2) is 11.2. The van der Waals surface area contributed by atoms with Crippen LogP contribution in [0.3, 0.4) is 0 Å². The van der Waals surface area contributed by atoms with Crippen molar-refractivity contribution >= 4 is 30.6 Å². The summed E-state index contributed by atoms with van der Waals surface area (Å²) < 4.78 is 39.2. The molecule has 0 saturated carbocycles. The third-order valence-corrected chi connectivity index (χ3v) is 7.84. The van der Waals surface area contributed by atoms with E-state index in [4.69, 9.17) is 24.3 Å². The van der Waals surface area contributed by atoms with E-state index in [2.05, 4.69) is 22.0 Å². The lowest BCUT2D eigenvalue weighted by molar-refractivity contribution is -0.149. The molecule has 0 spiro atoms. The number of fused-ring (bicyclic) bond motifs is 1. The molecule has 6 atom stereocenters. The van der Waals surface area contributed by atoms with E-state index in [1.165, 1.54) is 6.33 Å². The molecule has 1 aliphatic heterocycles. The second-order valence-electron chi connectivity index (χ2n) is 9.55. The van der Waals surface area contributed by atoms with Gasteiger partial charge < -0.3 is 24.3 Å². The Kier molecular flexibility index (Phi) is 8.18. The Morgan fingerprint density at radius 2 is 1.92 bits per heavy atom. The van der Waals surface area contributed by atoms with Crippen molar-refractivity contribution in [3.8, 4) is 5.75 Å². The van der Waals surface area contributed by atoms with Gasteiger partial charge in [0.25, 0.3) is 0 Å². The van der Waals surface area contributed by atoms with E-state index in [1.807, 2.05) is 22.9 Å². The van der Waals surface area contributed by atoms with Gasteiger partial charge in [-0.15, -0.1) is 0 Å². The average Bonchev–Trinajstić information content (AvgIpc) is 3.43. The number of carbonyl (C=O) groups is 1. The number of hydrogen-bond donors (Lipinski definition) is 2. The van der Waals surface area contributed by atoms with Crippen LogP contribution in [0.15, 0.2) is 48.9 Å². The van der Waals surface area contributed by atoms with Crippen molar-refractivity contribution in [1.29, 1.82) is 0 Å². The zero-order chi connectivity index (χ0) is 26.7. The first kappa shape index (κ1) is 27.1. The van der Waals surface area contributed by atoms with Gasteiger partial charge in [-0.25, -0.2) is 14.5 Å². The number of benzene rings is 1. The molecule has 200 valence electrons. The number of nitrogens with two attached hydrogens (primary N) is 1. The van der Waals surface area contributed by atoms with Crippen molar-refractivity contribution in [2.75, 3.05) is 5.73 Å². The largest absolute Gasteiger partial charge is 0.462 e. The van der Waals surface area contributed by atoms with Crippen LogP contribution in [-0.4, -0.2) is 44.9 Å². The molecule has 1 fully saturated rings. The second-order valence-corrected chi connectivity index (χ2v) is 11.2. The number of nitrogens with zero attached hydrogens (tertiary/aromatic N) is 3. The molecular formula is C25H34N5O6P. The fraction of sp³-hybridized carbons (Fsp3) is 0.480. The molecule has 3 heterocycles. The van der Waals surface area contributed by atoms with Crippen molar-refractivity contribution in [3.63, 3.8) is 0 Å². The Bertz CT molecular complexity index is 1270. The summed E-state index contributed by atoms with van der Waals surface area (Å²) in [7, 11) is -4.02. The topological polar surface area (TPSA) is 140 Å². The van der Waals surface area contributed by atoms with Crippen molar-refractivity contribution in [2.45, 2.75) is 71.6 Å². The molecule has 3 aromatic rings. The van der Waals surface area contributed by atoms with Crippen LogP contribution in [0.25, 0.3) is 11.0 Å². The predicted octanol–water partition coefficient (Wildman–Crippen LogP) is 4.46. The number of anilines is 1. The van der Waals surface area contributed by atoms with Gasteiger partial charge in [-0.1, -0.05) is 25.1 Å². The number of hydrogen-bond acceptors (Lipinski definition) is 9. The Labute approximate surface area is 216 Å². The van der Waals surface area contributed by atoms with E-state index < -0.39 is 32.0 Å². The van der Waals surface area contributed by atoms with E-state index in [0.717, 1.165) is 5.39 Å². The van der Waals surface area contributed by atoms with E-state index in [0.29, 0.717) is 23.6 Å². The van der Waals surface area contributed by atoms with Crippen LogP contribution >= 0.6 is 7.75 Å². The quantitative estimate of drug-likeness (QED) is 0.285. The van der Waals surface area contributed by atoms with Gasteiger partial charge in [0, 0.05) is 12.1 Å². The Balaban J connectivity index is 1.51. The summed E-state index contributed by atoms with van der Waals surface area (Å²) in [5.41, 5.74) is 6.67. The lowest BCUT2D eigenvalue weighted by Gasteiger charge is -2.28. The fourth-order valence-corrected chi connectivity index (χ4v) is 6.01. The first-order valence-corrected chi connectivity index (χ1v) is 13.8. The Morgan fingerprint density at radius 1 is 1.19 bits per heavy atom. The number of nitrogens with one attached hydrogen (secondary N) is 1. The molecule has 1 saturated heterocycles. The average molecular weight is 532 g/mol. The maximum absolute atomic E-state index is 13.9. The molecule has 11 nitrogen and oxygen atoms in total. The molecule has 0 aliphatic carbocycles. The number of carbonyl (C=O) groups excluding carboxylic acids is 1. The summed E-state index contributed by atoms with van der Waals surface area (Å²) in [6, 6.07) is 9.57. The minimum absolute atomic E-state index is 0.102. The molecule has 2 unspecified atom stereocenters. The summed E-state index contributed by atoms with van der Waals surface area (Å²) in [5, 5.41) is 3.48. The van der Waals surface area contributed by atoms with E-state index in [9.17, 15) is 9.36 Å². The standard InChI is InChI=1S/C25H34N5O6P/c1-15(2)33-25(31)17(4)29-37(32,36-19-9-7-6-8-10-19)35-18(5)21-13-16(3)24(34-21)30-12-11-20-22(26)27-14-28-23(20)30/h6-12,14-18,21,24H,13H2,1-5H3,(H,29,32)(H2,26,27,28)/t16-,17-,18?,21-,24+,37?/m0/s1. The van der Waals surface area contributed by atoms with E-state index in [1.54, 1.807) is 52.0 Å². The maximum atomic E-state index is 13.9. The number of nitrogen functional groups attached to an aromatic ring is 1. The van der Waals surface area contributed by atoms with Crippen LogP contribution in [0.2, 0.25) is 0 Å². The molecular weight excluding hydrogens is 497 g/mol. The first-order valence-electron chi connectivity index (χ1n) is 12.3. The van der Waals surface area contributed by atoms with Crippen LogP contribution in [-0.2, 0) is 23.4 Å². The Hall–Kier alpha value is -2.98. The minimum Gasteiger partial charge on any atom is -0.462 e. The number of ether oxygens (including phenoxy) is 2. The van der Waals surface area contributed by atoms with Crippen molar-refractivity contribution in [3.05, 3.63) is 48.9 Å². The van der Waals surface area contributed by atoms with Crippen LogP contribution in [0.1, 0.15) is 47.3 Å². The molecule has 1 aromatic carbocycles. The van der Waals surface area contributed by atoms with Crippen molar-refractivity contribution < 1.29 is 27.9 Å². The van der Waals surface area contributed by atoms with Gasteiger partial charge in [-0.2, -0.15) is 5.09 Å². The zero-order valence-electron chi connectivity index (χ0n) is 21.6. The molecule has 37 heavy (non-hydrogen) atoms. The smallest absolute Gasteiger partial charge is 0.459 e. The maximum Gasteiger partial charge on any atom is 0.459 e. The monoisotopic (exact) mass is 531 g/mol. The summed E-state index contributed by atoms with van der Waals surface area (Å²) >= 11 is 0. The highest BCUT2D eigenvalue weighted by atomic mass is 31.2. The van der Waals surface area contributed by atoms with Crippen LogP contribution < -0.4 is 15.3 Å². The fourth-order valence-electron chi connectivity index (χ4n) is 4.30. The van der Waals surface area contributed by atoms with Crippen LogP contribution in [0.5, 0.6) is 5.75 Å². The normalized spacial score (nSPS) is 23.0. The van der Waals surface area contributed by atoms with Crippen molar-refractivity contribution in [1.82, 2.24) is 19.6 Å². The van der Waals surface area contributed by atoms with Gasteiger partial charge >= 0.3 is 13.7 Å². The summed E-state index contributed by atoms with van der Waals surface area (Å²) in [5.74, 6) is 0.280. The van der Waals surface area contributed by atoms with E-state index >= 15 is 0 Å². The molecule has 0 amide bonds. The lowest BCUT2D eigenvalue weighted by atomic mass is 10.0. The van der Waals surface area contributed by atoms with Gasteiger partial charge in [0.05, 0.1) is 23.7 Å².